The van der Waals surface area contributed by atoms with E-state index in [1.54, 1.807) is 6.07 Å². The minimum atomic E-state index is -4.29. The fraction of sp³-hybridized carbons (Fsp3) is 0.625. The highest BCUT2D eigenvalue weighted by Gasteiger charge is 2.38. The Bertz CT molecular complexity index is 515. The van der Waals surface area contributed by atoms with Crippen molar-refractivity contribution in [3.63, 3.8) is 0 Å². The van der Waals surface area contributed by atoms with Crippen LogP contribution < -0.4 is 4.90 Å². The lowest BCUT2D eigenvalue weighted by Crippen LogP contribution is -2.34. The number of nitrogens with zero attached hydrogens (tertiary/aromatic N) is 1. The fourth-order valence-corrected chi connectivity index (χ4v) is 4.34. The Labute approximate surface area is 131 Å². The molecule has 1 aliphatic carbocycles. The first-order valence-electron chi connectivity index (χ1n) is 7.53. The molecule has 21 heavy (non-hydrogen) atoms. The largest absolute Gasteiger partial charge is 0.416 e. The molecule has 116 valence electrons. The molecule has 5 heteroatoms. The van der Waals surface area contributed by atoms with Crippen molar-refractivity contribution in [2.75, 3.05) is 11.4 Å². The molecule has 2 atom stereocenters. The number of hydrogen-bond donors (Lipinski definition) is 0. The Morgan fingerprint density at radius 2 is 1.90 bits per heavy atom. The second kappa shape index (κ2) is 5.82. The summed E-state index contributed by atoms with van der Waals surface area (Å²) in [5.74, 6) is 0.670. The van der Waals surface area contributed by atoms with E-state index in [0.29, 0.717) is 17.5 Å². The van der Waals surface area contributed by atoms with E-state index in [1.807, 2.05) is 6.07 Å². The summed E-state index contributed by atoms with van der Waals surface area (Å²) < 4.78 is 39.6. The van der Waals surface area contributed by atoms with Gasteiger partial charge in [-0.2, -0.15) is 13.2 Å². The minimum absolute atomic E-state index is 0.230. The highest BCUT2D eigenvalue weighted by molar-refractivity contribution is 9.08. The predicted molar refractivity (Wildman–Crippen MR) is 81.8 cm³/mol. The number of hydrogen-bond acceptors (Lipinski definition) is 1. The van der Waals surface area contributed by atoms with Crippen LogP contribution in [0.2, 0.25) is 0 Å². The lowest BCUT2D eigenvalue weighted by atomic mass is 9.85. The Morgan fingerprint density at radius 1 is 1.14 bits per heavy atom. The summed E-state index contributed by atoms with van der Waals surface area (Å²) in [5.41, 5.74) is 0.545. The van der Waals surface area contributed by atoms with E-state index in [0.717, 1.165) is 25.1 Å². The fourth-order valence-electron chi connectivity index (χ4n) is 3.85. The van der Waals surface area contributed by atoms with Gasteiger partial charge in [0.1, 0.15) is 0 Å². The number of benzene rings is 1. The molecule has 0 bridgehead atoms. The lowest BCUT2D eigenvalue weighted by Gasteiger charge is -2.33. The van der Waals surface area contributed by atoms with E-state index in [4.69, 9.17) is 0 Å². The van der Waals surface area contributed by atoms with Gasteiger partial charge in [-0.3, -0.25) is 0 Å². The number of fused-ring (bicyclic) bond motifs is 1. The van der Waals surface area contributed by atoms with Crippen molar-refractivity contribution in [1.29, 1.82) is 0 Å². The molecular formula is C16H19BrF3N. The highest BCUT2D eigenvalue weighted by atomic mass is 79.9. The molecule has 0 radical (unpaired) electrons. The first kappa shape index (κ1) is 15.2. The van der Waals surface area contributed by atoms with Gasteiger partial charge in [0, 0.05) is 23.6 Å². The maximum absolute atomic E-state index is 13.2. The Hall–Kier alpha value is -0.710. The summed E-state index contributed by atoms with van der Waals surface area (Å²) >= 11 is 3.15. The van der Waals surface area contributed by atoms with Crippen molar-refractivity contribution in [3.8, 4) is 0 Å². The first-order valence-corrected chi connectivity index (χ1v) is 8.65. The van der Waals surface area contributed by atoms with Gasteiger partial charge < -0.3 is 4.90 Å². The zero-order valence-electron chi connectivity index (χ0n) is 11.8. The maximum atomic E-state index is 13.2. The minimum Gasteiger partial charge on any atom is -0.368 e. The molecule has 2 fully saturated rings. The summed E-state index contributed by atoms with van der Waals surface area (Å²) in [5, 5.41) is 0.230. The van der Waals surface area contributed by atoms with Crippen LogP contribution in [0.25, 0.3) is 0 Å². The summed E-state index contributed by atoms with van der Waals surface area (Å²) in [6.07, 6.45) is 1.64. The Balaban J connectivity index is 1.92. The zero-order chi connectivity index (χ0) is 15.0. The third-order valence-corrected chi connectivity index (χ3v) is 5.49. The van der Waals surface area contributed by atoms with Crippen LogP contribution in [-0.2, 0) is 11.5 Å². The molecule has 3 rings (SSSR count). The number of halogens is 4. The SMILES string of the molecule is FC(F)(F)c1cc(N2CCC3CCCCC32)ccc1CBr. The molecule has 1 aliphatic heterocycles. The van der Waals surface area contributed by atoms with Crippen LogP contribution in [0.15, 0.2) is 18.2 Å². The van der Waals surface area contributed by atoms with E-state index in [-0.39, 0.29) is 5.33 Å². The van der Waals surface area contributed by atoms with E-state index in [1.165, 1.54) is 25.3 Å². The summed E-state index contributed by atoms with van der Waals surface area (Å²) in [6.45, 7) is 0.889. The molecule has 0 aromatic heterocycles. The van der Waals surface area contributed by atoms with Crippen LogP contribution in [0, 0.1) is 5.92 Å². The van der Waals surface area contributed by atoms with Gasteiger partial charge in [-0.15, -0.1) is 0 Å². The standard InChI is InChI=1S/C16H19BrF3N/c17-10-12-5-6-13(9-14(12)16(18,19)20)21-8-7-11-3-1-2-4-15(11)21/h5-6,9,11,15H,1-4,7-8,10H2. The molecule has 2 aliphatic rings. The maximum Gasteiger partial charge on any atom is 0.416 e. The molecule has 1 nitrogen and oxygen atoms in total. The van der Waals surface area contributed by atoms with Crippen molar-refractivity contribution in [1.82, 2.24) is 0 Å². The molecule has 1 aromatic carbocycles. The van der Waals surface area contributed by atoms with Crippen molar-refractivity contribution >= 4 is 21.6 Å². The number of anilines is 1. The second-order valence-corrected chi connectivity index (χ2v) is 6.63. The third-order valence-electron chi connectivity index (χ3n) is 4.88. The van der Waals surface area contributed by atoms with Crippen LogP contribution in [0.5, 0.6) is 0 Å². The quantitative estimate of drug-likeness (QED) is 0.640. The average molecular weight is 362 g/mol. The van der Waals surface area contributed by atoms with Gasteiger partial charge in [-0.25, -0.2) is 0 Å². The molecule has 1 saturated heterocycles. The van der Waals surface area contributed by atoms with Crippen LogP contribution >= 0.6 is 15.9 Å². The van der Waals surface area contributed by atoms with Crippen LogP contribution in [0.1, 0.15) is 43.2 Å². The van der Waals surface area contributed by atoms with Crippen LogP contribution in [0.4, 0.5) is 18.9 Å². The van der Waals surface area contributed by atoms with Crippen molar-refractivity contribution < 1.29 is 13.2 Å². The molecule has 0 spiro atoms. The lowest BCUT2D eigenvalue weighted by molar-refractivity contribution is -0.138. The van der Waals surface area contributed by atoms with Gasteiger partial charge in [-0.05, 0) is 42.9 Å². The van der Waals surface area contributed by atoms with E-state index in [2.05, 4.69) is 20.8 Å². The normalized spacial score (nSPS) is 26.0. The molecular weight excluding hydrogens is 343 g/mol. The van der Waals surface area contributed by atoms with Gasteiger partial charge in [-0.1, -0.05) is 34.8 Å². The molecule has 1 aromatic rings. The Kier molecular flexibility index (Phi) is 4.21. The van der Waals surface area contributed by atoms with Crippen molar-refractivity contribution in [3.05, 3.63) is 29.3 Å². The number of alkyl halides is 4. The van der Waals surface area contributed by atoms with Crippen molar-refractivity contribution in [2.24, 2.45) is 5.92 Å². The topological polar surface area (TPSA) is 3.24 Å². The van der Waals surface area contributed by atoms with Gasteiger partial charge in [0.05, 0.1) is 5.56 Å². The molecule has 1 heterocycles. The van der Waals surface area contributed by atoms with Gasteiger partial charge >= 0.3 is 6.18 Å². The van der Waals surface area contributed by atoms with Crippen LogP contribution in [0.3, 0.4) is 0 Å². The van der Waals surface area contributed by atoms with Crippen molar-refractivity contribution in [2.45, 2.75) is 49.7 Å². The summed E-state index contributed by atoms with van der Waals surface area (Å²) in [6, 6.07) is 5.24. The predicted octanol–water partition coefficient (Wildman–Crippen LogP) is 5.37. The molecule has 2 unspecified atom stereocenters. The summed E-state index contributed by atoms with van der Waals surface area (Å²) in [7, 11) is 0. The second-order valence-electron chi connectivity index (χ2n) is 6.07. The van der Waals surface area contributed by atoms with E-state index in [9.17, 15) is 13.2 Å². The first-order chi connectivity index (χ1) is 10.0. The van der Waals surface area contributed by atoms with Gasteiger partial charge in [0.15, 0.2) is 0 Å². The van der Waals surface area contributed by atoms with E-state index >= 15 is 0 Å². The monoisotopic (exact) mass is 361 g/mol. The van der Waals surface area contributed by atoms with E-state index < -0.39 is 11.7 Å². The van der Waals surface area contributed by atoms with Gasteiger partial charge in [0.2, 0.25) is 0 Å². The summed E-state index contributed by atoms with van der Waals surface area (Å²) in [4.78, 5) is 2.21. The Morgan fingerprint density at radius 3 is 2.62 bits per heavy atom. The smallest absolute Gasteiger partial charge is 0.368 e. The average Bonchev–Trinajstić information content (AvgIpc) is 2.89. The number of rotatable bonds is 2. The molecule has 1 saturated carbocycles. The molecule has 0 N–H and O–H groups in total. The third kappa shape index (κ3) is 2.94. The zero-order valence-corrected chi connectivity index (χ0v) is 13.4. The van der Waals surface area contributed by atoms with Gasteiger partial charge in [0.25, 0.3) is 0 Å². The highest BCUT2D eigenvalue weighted by Crippen LogP contribution is 2.41. The molecule has 0 amide bonds. The van der Waals surface area contributed by atoms with Crippen LogP contribution in [-0.4, -0.2) is 12.6 Å².